The van der Waals surface area contributed by atoms with Crippen LogP contribution in [0.5, 0.6) is 0 Å². The van der Waals surface area contributed by atoms with Gasteiger partial charge in [0.25, 0.3) is 0 Å². The van der Waals surface area contributed by atoms with Gasteiger partial charge in [0.2, 0.25) is 0 Å². The molecule has 0 bridgehead atoms. The van der Waals surface area contributed by atoms with Crippen LogP contribution in [0.2, 0.25) is 0 Å². The lowest BCUT2D eigenvalue weighted by Gasteiger charge is -2.08. The molecule has 1 aromatic heterocycles. The van der Waals surface area contributed by atoms with E-state index in [0.717, 1.165) is 23.8 Å². The lowest BCUT2D eigenvalue weighted by Crippen LogP contribution is -1.97. The number of hydrogen-bond acceptors (Lipinski definition) is 4. The van der Waals surface area contributed by atoms with Crippen molar-refractivity contribution in [2.45, 2.75) is 58.0 Å². The summed E-state index contributed by atoms with van der Waals surface area (Å²) in [5.74, 6) is 0.703. The van der Waals surface area contributed by atoms with Crippen LogP contribution in [0.3, 0.4) is 0 Å². The standard InChI is InChI=1S/C21H26N2O2/c1-2-3-4-5-6-7-8-17-12-22-21(23-13-17)18-10-9-16(14-24)11-19(18)20-15-25-20/h9-14,20H,2-8,15H2,1H3/t20-/m1/s1. The molecule has 0 amide bonds. The zero-order valence-electron chi connectivity index (χ0n) is 14.9. The highest BCUT2D eigenvalue weighted by Gasteiger charge is 2.28. The lowest BCUT2D eigenvalue weighted by atomic mass is 10.0. The largest absolute Gasteiger partial charge is 0.368 e. The Morgan fingerprint density at radius 3 is 2.52 bits per heavy atom. The van der Waals surface area contributed by atoms with E-state index in [0.29, 0.717) is 18.0 Å². The number of nitrogens with zero attached hydrogens (tertiary/aromatic N) is 2. The fourth-order valence-corrected chi connectivity index (χ4v) is 3.08. The van der Waals surface area contributed by atoms with Crippen molar-refractivity contribution in [3.8, 4) is 11.4 Å². The van der Waals surface area contributed by atoms with Gasteiger partial charge in [-0.05, 0) is 30.0 Å². The van der Waals surface area contributed by atoms with Crippen molar-refractivity contribution in [1.29, 1.82) is 0 Å². The minimum absolute atomic E-state index is 0.0706. The van der Waals surface area contributed by atoms with Gasteiger partial charge in [-0.25, -0.2) is 9.97 Å². The van der Waals surface area contributed by atoms with Gasteiger partial charge in [-0.3, -0.25) is 4.79 Å². The summed E-state index contributed by atoms with van der Waals surface area (Å²) in [5.41, 5.74) is 3.81. The van der Waals surface area contributed by atoms with Gasteiger partial charge < -0.3 is 4.74 Å². The summed E-state index contributed by atoms with van der Waals surface area (Å²) in [6.07, 6.45) is 13.6. The molecule has 2 heterocycles. The molecule has 1 atom stereocenters. The minimum atomic E-state index is 0.0706. The van der Waals surface area contributed by atoms with E-state index in [1.807, 2.05) is 30.6 Å². The topological polar surface area (TPSA) is 55.4 Å². The molecule has 4 nitrogen and oxygen atoms in total. The molecule has 2 aromatic rings. The van der Waals surface area contributed by atoms with Crippen LogP contribution < -0.4 is 0 Å². The second-order valence-electron chi connectivity index (χ2n) is 6.72. The summed E-state index contributed by atoms with van der Waals surface area (Å²) >= 11 is 0. The Morgan fingerprint density at radius 2 is 1.84 bits per heavy atom. The molecule has 0 unspecified atom stereocenters. The Balaban J connectivity index is 1.61. The zero-order chi connectivity index (χ0) is 17.5. The van der Waals surface area contributed by atoms with Crippen LogP contribution in [0.4, 0.5) is 0 Å². The molecule has 1 aliphatic heterocycles. The Bertz CT molecular complexity index is 694. The Kier molecular flexibility index (Phi) is 6.29. The van der Waals surface area contributed by atoms with E-state index in [9.17, 15) is 4.79 Å². The molecule has 0 aliphatic carbocycles. The number of aldehydes is 1. The molecule has 0 spiro atoms. The van der Waals surface area contributed by atoms with Gasteiger partial charge >= 0.3 is 0 Å². The van der Waals surface area contributed by atoms with Gasteiger partial charge in [-0.2, -0.15) is 0 Å². The van der Waals surface area contributed by atoms with Gasteiger partial charge in [-0.1, -0.05) is 51.2 Å². The van der Waals surface area contributed by atoms with Crippen molar-refractivity contribution >= 4 is 6.29 Å². The van der Waals surface area contributed by atoms with Crippen LogP contribution in [0.25, 0.3) is 11.4 Å². The van der Waals surface area contributed by atoms with Crippen molar-refractivity contribution in [3.63, 3.8) is 0 Å². The van der Waals surface area contributed by atoms with Crippen LogP contribution in [-0.2, 0) is 11.2 Å². The van der Waals surface area contributed by atoms with Gasteiger partial charge in [0.1, 0.15) is 12.4 Å². The third-order valence-electron chi connectivity index (χ3n) is 4.66. The highest BCUT2D eigenvalue weighted by atomic mass is 16.6. The first-order valence-corrected chi connectivity index (χ1v) is 9.34. The van der Waals surface area contributed by atoms with E-state index in [4.69, 9.17) is 4.74 Å². The van der Waals surface area contributed by atoms with Crippen molar-refractivity contribution < 1.29 is 9.53 Å². The third-order valence-corrected chi connectivity index (χ3v) is 4.66. The Hall–Kier alpha value is -2.07. The van der Waals surface area contributed by atoms with Crippen LogP contribution in [0.1, 0.15) is 73.0 Å². The number of ether oxygens (including phenoxy) is 1. The summed E-state index contributed by atoms with van der Waals surface area (Å²) < 4.78 is 5.40. The first-order chi connectivity index (χ1) is 12.3. The average Bonchev–Trinajstić information content (AvgIpc) is 3.50. The van der Waals surface area contributed by atoms with Crippen molar-refractivity contribution in [2.24, 2.45) is 0 Å². The molecule has 1 fully saturated rings. The number of aromatic nitrogens is 2. The molecular formula is C21H26N2O2. The van der Waals surface area contributed by atoms with E-state index >= 15 is 0 Å². The predicted octanol–water partition coefficient (Wildman–Crippen LogP) is 4.93. The van der Waals surface area contributed by atoms with E-state index in [2.05, 4.69) is 16.9 Å². The number of carbonyl (C=O) groups is 1. The van der Waals surface area contributed by atoms with Gasteiger partial charge in [-0.15, -0.1) is 0 Å². The molecular weight excluding hydrogens is 312 g/mol. The fourth-order valence-electron chi connectivity index (χ4n) is 3.08. The van der Waals surface area contributed by atoms with Crippen molar-refractivity contribution in [1.82, 2.24) is 9.97 Å². The van der Waals surface area contributed by atoms with Gasteiger partial charge in [0.15, 0.2) is 5.82 Å². The quantitative estimate of drug-likeness (QED) is 0.350. The zero-order valence-corrected chi connectivity index (χ0v) is 14.9. The third kappa shape index (κ3) is 4.95. The van der Waals surface area contributed by atoms with Crippen molar-refractivity contribution in [3.05, 3.63) is 47.3 Å². The molecule has 1 aromatic carbocycles. The average molecular weight is 338 g/mol. The summed E-state index contributed by atoms with van der Waals surface area (Å²) in [6, 6.07) is 5.61. The van der Waals surface area contributed by atoms with Gasteiger partial charge in [0.05, 0.1) is 6.61 Å². The van der Waals surface area contributed by atoms with E-state index in [1.54, 1.807) is 0 Å². The number of epoxide rings is 1. The normalized spacial score (nSPS) is 16.0. The Morgan fingerprint density at radius 1 is 1.12 bits per heavy atom. The van der Waals surface area contributed by atoms with Gasteiger partial charge in [0, 0.05) is 23.5 Å². The molecule has 1 aliphatic rings. The number of hydrogen-bond donors (Lipinski definition) is 0. The highest BCUT2D eigenvalue weighted by molar-refractivity contribution is 5.78. The molecule has 0 saturated carbocycles. The summed E-state index contributed by atoms with van der Waals surface area (Å²) in [5, 5.41) is 0. The minimum Gasteiger partial charge on any atom is -0.368 e. The van der Waals surface area contributed by atoms with E-state index in [-0.39, 0.29) is 6.10 Å². The fraction of sp³-hybridized carbons (Fsp3) is 0.476. The predicted molar refractivity (Wildman–Crippen MR) is 98.6 cm³/mol. The number of benzene rings is 1. The molecule has 3 rings (SSSR count). The second kappa shape index (κ2) is 8.86. The van der Waals surface area contributed by atoms with E-state index < -0.39 is 0 Å². The van der Waals surface area contributed by atoms with Crippen LogP contribution in [0.15, 0.2) is 30.6 Å². The van der Waals surface area contributed by atoms with E-state index in [1.165, 1.54) is 44.1 Å². The lowest BCUT2D eigenvalue weighted by molar-refractivity contribution is 0.112. The number of rotatable bonds is 10. The second-order valence-corrected chi connectivity index (χ2v) is 6.72. The molecule has 25 heavy (non-hydrogen) atoms. The summed E-state index contributed by atoms with van der Waals surface area (Å²) in [7, 11) is 0. The van der Waals surface area contributed by atoms with Crippen molar-refractivity contribution in [2.75, 3.05) is 6.61 Å². The number of unbranched alkanes of at least 4 members (excludes halogenated alkanes) is 5. The maximum absolute atomic E-state index is 11.0. The first-order valence-electron chi connectivity index (χ1n) is 9.34. The number of aryl methyl sites for hydroxylation is 1. The highest BCUT2D eigenvalue weighted by Crippen LogP contribution is 2.36. The first kappa shape index (κ1) is 17.7. The molecule has 132 valence electrons. The summed E-state index contributed by atoms with van der Waals surface area (Å²) in [6.45, 7) is 2.94. The van der Waals surface area contributed by atoms with Crippen LogP contribution in [-0.4, -0.2) is 22.9 Å². The Labute approximate surface area is 149 Å². The number of carbonyl (C=O) groups excluding carboxylic acids is 1. The molecule has 4 heteroatoms. The SMILES string of the molecule is CCCCCCCCc1cnc(-c2ccc(C=O)cc2[C@H]2CO2)nc1. The summed E-state index contributed by atoms with van der Waals surface area (Å²) in [4.78, 5) is 20.1. The maximum atomic E-state index is 11.0. The maximum Gasteiger partial charge on any atom is 0.159 e. The smallest absolute Gasteiger partial charge is 0.159 e. The van der Waals surface area contributed by atoms with Crippen LogP contribution in [0, 0.1) is 0 Å². The molecule has 0 N–H and O–H groups in total. The monoisotopic (exact) mass is 338 g/mol. The van der Waals surface area contributed by atoms with Crippen LogP contribution >= 0.6 is 0 Å². The molecule has 1 saturated heterocycles. The molecule has 0 radical (unpaired) electrons.